The lowest BCUT2D eigenvalue weighted by atomic mass is 10.1. The zero-order valence-electron chi connectivity index (χ0n) is 11.9. The molecule has 0 saturated carbocycles. The molecule has 1 aromatic rings. The number of carbonyl (C=O) groups excluding carboxylic acids is 3. The maximum atomic E-state index is 11.2. The van der Waals surface area contributed by atoms with Gasteiger partial charge in [-0.25, -0.2) is 0 Å². The van der Waals surface area contributed by atoms with E-state index < -0.39 is 17.9 Å². The molecular weight excluding hydrogens is 278 g/mol. The molecule has 7 nitrogen and oxygen atoms in total. The number of benzene rings is 1. The third-order valence-corrected chi connectivity index (χ3v) is 2.78. The number of hydrogen-bond acceptors (Lipinski definition) is 7. The zero-order chi connectivity index (χ0) is 15.6. The third-order valence-electron chi connectivity index (χ3n) is 2.78. The van der Waals surface area contributed by atoms with Crippen molar-refractivity contribution < 1.29 is 28.6 Å². The topological polar surface area (TPSA) is 90.9 Å². The van der Waals surface area contributed by atoms with Crippen LogP contribution in [-0.4, -0.2) is 17.9 Å². The molecule has 1 aromatic carbocycles. The first kappa shape index (κ1) is 15.0. The van der Waals surface area contributed by atoms with Crippen molar-refractivity contribution in [2.75, 3.05) is 0 Å². The number of hydrogen-bond donors (Lipinski definition) is 1. The number of fused-ring (bicyclic) bond motifs is 1. The van der Waals surface area contributed by atoms with Crippen LogP contribution in [0.5, 0.6) is 17.2 Å². The summed E-state index contributed by atoms with van der Waals surface area (Å²) in [6.07, 6.45) is 0. The molecule has 0 radical (unpaired) electrons. The van der Waals surface area contributed by atoms with E-state index in [4.69, 9.17) is 14.2 Å². The second-order valence-corrected chi connectivity index (χ2v) is 4.54. The van der Waals surface area contributed by atoms with Gasteiger partial charge >= 0.3 is 17.9 Å². The van der Waals surface area contributed by atoms with Crippen LogP contribution in [-0.2, 0) is 27.5 Å². The van der Waals surface area contributed by atoms with Crippen LogP contribution in [0.3, 0.4) is 0 Å². The minimum atomic E-state index is -0.567. The minimum Gasteiger partial charge on any atom is -0.426 e. The smallest absolute Gasteiger partial charge is 0.308 e. The van der Waals surface area contributed by atoms with E-state index in [1.54, 1.807) is 0 Å². The number of nitrogens with one attached hydrogen (secondary N) is 1. The molecule has 0 saturated heterocycles. The summed E-state index contributed by atoms with van der Waals surface area (Å²) in [7, 11) is 0. The Balaban J connectivity index is 2.57. The van der Waals surface area contributed by atoms with Crippen molar-refractivity contribution in [3.05, 3.63) is 17.2 Å². The van der Waals surface area contributed by atoms with Crippen molar-refractivity contribution in [3.63, 3.8) is 0 Å². The van der Waals surface area contributed by atoms with Gasteiger partial charge < -0.3 is 19.5 Å². The Morgan fingerprint density at radius 2 is 1.38 bits per heavy atom. The monoisotopic (exact) mass is 293 g/mol. The number of rotatable bonds is 3. The number of ether oxygens (including phenoxy) is 3. The van der Waals surface area contributed by atoms with E-state index in [1.807, 2.05) is 0 Å². The lowest BCUT2D eigenvalue weighted by molar-refractivity contribution is -0.134. The Morgan fingerprint density at radius 1 is 0.857 bits per heavy atom. The van der Waals surface area contributed by atoms with Crippen LogP contribution in [0.1, 0.15) is 31.9 Å². The van der Waals surface area contributed by atoms with E-state index in [1.165, 1.54) is 26.8 Å². The van der Waals surface area contributed by atoms with E-state index >= 15 is 0 Å². The van der Waals surface area contributed by atoms with Crippen molar-refractivity contribution in [1.29, 1.82) is 0 Å². The molecule has 1 aliphatic rings. The van der Waals surface area contributed by atoms with Gasteiger partial charge in [0, 0.05) is 51.1 Å². The van der Waals surface area contributed by atoms with Gasteiger partial charge in [-0.15, -0.1) is 0 Å². The second-order valence-electron chi connectivity index (χ2n) is 4.54. The van der Waals surface area contributed by atoms with Crippen LogP contribution < -0.4 is 19.5 Å². The molecule has 0 aliphatic carbocycles. The predicted octanol–water partition coefficient (Wildman–Crippen LogP) is 1.07. The molecule has 0 bridgehead atoms. The van der Waals surface area contributed by atoms with Gasteiger partial charge in [0.2, 0.25) is 0 Å². The van der Waals surface area contributed by atoms with Gasteiger partial charge in [-0.3, -0.25) is 14.4 Å². The Kier molecular flexibility index (Phi) is 4.23. The van der Waals surface area contributed by atoms with Gasteiger partial charge in [0.25, 0.3) is 0 Å². The summed E-state index contributed by atoms with van der Waals surface area (Å²) in [5, 5.41) is 3.07. The van der Waals surface area contributed by atoms with E-state index in [2.05, 4.69) is 5.32 Å². The zero-order valence-corrected chi connectivity index (χ0v) is 11.9. The third kappa shape index (κ3) is 3.38. The first-order valence-electron chi connectivity index (χ1n) is 6.33. The van der Waals surface area contributed by atoms with Crippen molar-refractivity contribution in [2.45, 2.75) is 33.9 Å². The quantitative estimate of drug-likeness (QED) is 0.658. The van der Waals surface area contributed by atoms with Crippen LogP contribution in [0.4, 0.5) is 0 Å². The number of esters is 3. The average molecular weight is 293 g/mol. The van der Waals surface area contributed by atoms with E-state index in [9.17, 15) is 14.4 Å². The van der Waals surface area contributed by atoms with E-state index in [0.717, 1.165) is 0 Å². The Labute approximate surface area is 121 Å². The number of carbonyl (C=O) groups is 3. The first-order chi connectivity index (χ1) is 9.88. The van der Waals surface area contributed by atoms with Crippen molar-refractivity contribution in [2.24, 2.45) is 0 Å². The van der Waals surface area contributed by atoms with Crippen molar-refractivity contribution in [3.8, 4) is 17.2 Å². The summed E-state index contributed by atoms with van der Waals surface area (Å²) < 4.78 is 15.3. The highest BCUT2D eigenvalue weighted by molar-refractivity contribution is 5.77. The standard InChI is InChI=1S/C14H15NO6/c1-7(16)19-12-4-13(20-8(2)17)14(21-9(3)18)11-6-15-5-10(11)12/h4,15H,5-6H2,1-3H3. The molecule has 1 aliphatic heterocycles. The molecule has 1 N–H and O–H groups in total. The summed E-state index contributed by atoms with van der Waals surface area (Å²) in [6, 6.07) is 1.38. The fraction of sp³-hybridized carbons (Fsp3) is 0.357. The van der Waals surface area contributed by atoms with E-state index in [-0.39, 0.29) is 17.2 Å². The van der Waals surface area contributed by atoms with E-state index in [0.29, 0.717) is 24.2 Å². The van der Waals surface area contributed by atoms with Crippen LogP contribution in [0.25, 0.3) is 0 Å². The molecule has 0 spiro atoms. The highest BCUT2D eigenvalue weighted by atomic mass is 16.6. The Hall–Kier alpha value is -2.41. The van der Waals surface area contributed by atoms with Crippen LogP contribution in [0, 0.1) is 0 Å². The summed E-state index contributed by atoms with van der Waals surface area (Å²) in [4.78, 5) is 33.6. The molecule has 0 unspecified atom stereocenters. The lowest BCUT2D eigenvalue weighted by Gasteiger charge is -2.15. The van der Waals surface area contributed by atoms with Gasteiger partial charge in [-0.2, -0.15) is 0 Å². The van der Waals surface area contributed by atoms with Crippen molar-refractivity contribution in [1.82, 2.24) is 5.32 Å². The van der Waals surface area contributed by atoms with Gasteiger partial charge in [0.05, 0.1) is 0 Å². The predicted molar refractivity (Wildman–Crippen MR) is 70.9 cm³/mol. The fourth-order valence-electron chi connectivity index (χ4n) is 2.13. The summed E-state index contributed by atoms with van der Waals surface area (Å²) in [5.74, 6) is -1.07. The van der Waals surface area contributed by atoms with Crippen molar-refractivity contribution >= 4 is 17.9 Å². The average Bonchev–Trinajstić information content (AvgIpc) is 2.81. The molecular formula is C14H15NO6. The first-order valence-corrected chi connectivity index (χ1v) is 6.33. The summed E-state index contributed by atoms with van der Waals surface area (Å²) in [5.41, 5.74) is 1.34. The highest BCUT2D eigenvalue weighted by Crippen LogP contribution is 2.42. The fourth-order valence-corrected chi connectivity index (χ4v) is 2.13. The Bertz CT molecular complexity index is 622. The second kappa shape index (κ2) is 5.92. The summed E-state index contributed by atoms with van der Waals surface area (Å²) >= 11 is 0. The van der Waals surface area contributed by atoms with Gasteiger partial charge in [-0.05, 0) is 0 Å². The Morgan fingerprint density at radius 3 is 1.95 bits per heavy atom. The molecule has 1 heterocycles. The van der Waals surface area contributed by atoms with Crippen LogP contribution >= 0.6 is 0 Å². The van der Waals surface area contributed by atoms with Gasteiger partial charge in [0.15, 0.2) is 11.5 Å². The summed E-state index contributed by atoms with van der Waals surface area (Å²) in [6.45, 7) is 4.65. The largest absolute Gasteiger partial charge is 0.426 e. The molecule has 0 atom stereocenters. The molecule has 21 heavy (non-hydrogen) atoms. The maximum absolute atomic E-state index is 11.2. The molecule has 0 aromatic heterocycles. The minimum absolute atomic E-state index is 0.0522. The van der Waals surface area contributed by atoms with Crippen LogP contribution in [0.2, 0.25) is 0 Å². The molecule has 2 rings (SSSR count). The van der Waals surface area contributed by atoms with Gasteiger partial charge in [-0.1, -0.05) is 0 Å². The molecule has 7 heteroatoms. The molecule has 0 amide bonds. The normalized spacial score (nSPS) is 12.5. The molecule has 112 valence electrons. The highest BCUT2D eigenvalue weighted by Gasteiger charge is 2.27. The SMILES string of the molecule is CC(=O)Oc1cc(OC(C)=O)c(OC(C)=O)c2c1CNC2. The maximum Gasteiger partial charge on any atom is 0.308 e. The van der Waals surface area contributed by atoms with Crippen LogP contribution in [0.15, 0.2) is 6.07 Å². The van der Waals surface area contributed by atoms with Gasteiger partial charge in [0.1, 0.15) is 5.75 Å². The molecule has 0 fully saturated rings. The lowest BCUT2D eigenvalue weighted by Crippen LogP contribution is -2.11.